The Morgan fingerprint density at radius 2 is 2.35 bits per heavy atom. The van der Waals surface area contributed by atoms with Crippen molar-refractivity contribution in [2.45, 2.75) is 25.3 Å². The van der Waals surface area contributed by atoms with Gasteiger partial charge in [-0.3, -0.25) is 0 Å². The minimum Gasteiger partial charge on any atom is -0.383 e. The number of hydrogen-bond donors (Lipinski definition) is 3. The zero-order chi connectivity index (χ0) is 11.5. The van der Waals surface area contributed by atoms with Gasteiger partial charge in [0, 0.05) is 18.3 Å². The van der Waals surface area contributed by atoms with Crippen LogP contribution < -0.4 is 10.6 Å². The van der Waals surface area contributed by atoms with Crippen LogP contribution in [-0.4, -0.2) is 29.1 Å². The molecule has 3 N–H and O–H groups in total. The number of aromatic amines is 1. The van der Waals surface area contributed by atoms with Crippen molar-refractivity contribution in [2.24, 2.45) is 0 Å². The Balaban J connectivity index is 1.63. The fraction of sp³-hybridized carbons (Fsp3) is 0.462. The van der Waals surface area contributed by atoms with Crippen molar-refractivity contribution in [3.05, 3.63) is 24.5 Å². The highest BCUT2D eigenvalue weighted by atomic mass is 15.0. The summed E-state index contributed by atoms with van der Waals surface area (Å²) >= 11 is 0. The van der Waals surface area contributed by atoms with E-state index < -0.39 is 0 Å². The van der Waals surface area contributed by atoms with Gasteiger partial charge in [0.05, 0.1) is 17.4 Å². The fourth-order valence-corrected chi connectivity index (χ4v) is 2.38. The number of imidazole rings is 1. The normalized spacial score (nSPS) is 20.6. The van der Waals surface area contributed by atoms with Crippen LogP contribution in [0.2, 0.25) is 0 Å². The Kier molecular flexibility index (Phi) is 2.96. The number of piperidine rings is 1. The van der Waals surface area contributed by atoms with E-state index in [0.717, 1.165) is 29.8 Å². The number of hydrogen-bond acceptors (Lipinski definition) is 3. The molecule has 0 saturated carbocycles. The van der Waals surface area contributed by atoms with Gasteiger partial charge in [0.15, 0.2) is 0 Å². The van der Waals surface area contributed by atoms with Crippen molar-refractivity contribution in [3.63, 3.8) is 0 Å². The first kappa shape index (κ1) is 10.6. The summed E-state index contributed by atoms with van der Waals surface area (Å²) in [5.41, 5.74) is 3.27. The van der Waals surface area contributed by atoms with Crippen molar-refractivity contribution < 1.29 is 0 Å². The lowest BCUT2D eigenvalue weighted by Crippen LogP contribution is -2.39. The molecule has 0 spiro atoms. The molecule has 0 aliphatic carbocycles. The smallest absolute Gasteiger partial charge is 0.0931 e. The molecule has 17 heavy (non-hydrogen) atoms. The summed E-state index contributed by atoms with van der Waals surface area (Å²) < 4.78 is 0. The number of H-pyrrole nitrogens is 1. The molecule has 1 aliphatic heterocycles. The van der Waals surface area contributed by atoms with Crippen LogP contribution in [0.4, 0.5) is 5.69 Å². The molecule has 1 atom stereocenters. The maximum atomic E-state index is 4.21. The maximum absolute atomic E-state index is 4.21. The Hall–Kier alpha value is -1.55. The molecule has 1 aromatic heterocycles. The van der Waals surface area contributed by atoms with Gasteiger partial charge in [-0.15, -0.1) is 0 Å². The highest BCUT2D eigenvalue weighted by Crippen LogP contribution is 2.16. The van der Waals surface area contributed by atoms with Crippen molar-refractivity contribution in [2.75, 3.05) is 18.4 Å². The topological polar surface area (TPSA) is 52.7 Å². The lowest BCUT2D eigenvalue weighted by atomic mass is 10.1. The summed E-state index contributed by atoms with van der Waals surface area (Å²) in [6, 6.07) is 6.86. The molecule has 3 rings (SSSR count). The molecule has 1 aromatic carbocycles. The molecule has 2 aromatic rings. The highest BCUT2D eigenvalue weighted by molar-refractivity contribution is 5.78. The molecule has 0 amide bonds. The third kappa shape index (κ3) is 2.42. The third-order valence-corrected chi connectivity index (χ3v) is 3.39. The molecule has 2 heterocycles. The lowest BCUT2D eigenvalue weighted by Gasteiger charge is -2.24. The first-order valence-corrected chi connectivity index (χ1v) is 6.32. The second-order valence-electron chi connectivity index (χ2n) is 4.66. The largest absolute Gasteiger partial charge is 0.383 e. The second kappa shape index (κ2) is 4.75. The van der Waals surface area contributed by atoms with Gasteiger partial charge in [-0.2, -0.15) is 0 Å². The van der Waals surface area contributed by atoms with E-state index in [1.807, 2.05) is 6.07 Å². The van der Waals surface area contributed by atoms with E-state index in [-0.39, 0.29) is 0 Å². The minimum absolute atomic E-state index is 0.612. The van der Waals surface area contributed by atoms with Crippen LogP contribution >= 0.6 is 0 Å². The van der Waals surface area contributed by atoms with E-state index in [4.69, 9.17) is 0 Å². The summed E-state index contributed by atoms with van der Waals surface area (Å²) in [4.78, 5) is 7.35. The first-order valence-electron chi connectivity index (χ1n) is 6.32. The molecule has 4 nitrogen and oxygen atoms in total. The number of aromatic nitrogens is 2. The first-order chi connectivity index (χ1) is 8.42. The predicted octanol–water partition coefficient (Wildman–Crippen LogP) is 2.12. The number of anilines is 1. The minimum atomic E-state index is 0.612. The van der Waals surface area contributed by atoms with Crippen molar-refractivity contribution in [3.8, 4) is 0 Å². The van der Waals surface area contributed by atoms with Crippen molar-refractivity contribution >= 4 is 16.7 Å². The van der Waals surface area contributed by atoms with Gasteiger partial charge < -0.3 is 15.6 Å². The zero-order valence-electron chi connectivity index (χ0n) is 9.87. The number of rotatable bonds is 3. The van der Waals surface area contributed by atoms with Gasteiger partial charge in [-0.05, 0) is 37.6 Å². The average Bonchev–Trinajstić information content (AvgIpc) is 2.85. The van der Waals surface area contributed by atoms with Crippen LogP contribution in [0.15, 0.2) is 24.5 Å². The van der Waals surface area contributed by atoms with E-state index in [0.29, 0.717) is 6.04 Å². The van der Waals surface area contributed by atoms with E-state index in [1.54, 1.807) is 6.33 Å². The summed E-state index contributed by atoms with van der Waals surface area (Å²) in [6.07, 6.45) is 5.67. The van der Waals surface area contributed by atoms with E-state index in [2.05, 4.69) is 32.7 Å². The zero-order valence-corrected chi connectivity index (χ0v) is 9.87. The van der Waals surface area contributed by atoms with Gasteiger partial charge in [0.1, 0.15) is 0 Å². The molecule has 1 saturated heterocycles. The van der Waals surface area contributed by atoms with Gasteiger partial charge in [0.25, 0.3) is 0 Å². The Bertz CT molecular complexity index is 485. The van der Waals surface area contributed by atoms with Crippen LogP contribution in [0.1, 0.15) is 19.3 Å². The summed E-state index contributed by atoms with van der Waals surface area (Å²) in [5.74, 6) is 0. The SMILES string of the molecule is c1nc2ccc(NCC3CCCCN3)cc2[nH]1. The Morgan fingerprint density at radius 3 is 3.24 bits per heavy atom. The highest BCUT2D eigenvalue weighted by Gasteiger charge is 2.11. The van der Waals surface area contributed by atoms with Crippen LogP contribution in [0.3, 0.4) is 0 Å². The van der Waals surface area contributed by atoms with Crippen LogP contribution in [-0.2, 0) is 0 Å². The van der Waals surface area contributed by atoms with Crippen molar-refractivity contribution in [1.82, 2.24) is 15.3 Å². The molecule has 1 fully saturated rings. The molecule has 1 unspecified atom stereocenters. The standard InChI is InChI=1S/C13H18N4/c1-2-6-14-11(3-1)8-15-10-4-5-12-13(7-10)17-9-16-12/h4-5,7,9,11,14-15H,1-3,6,8H2,(H,16,17). The Morgan fingerprint density at radius 1 is 1.35 bits per heavy atom. The fourth-order valence-electron chi connectivity index (χ4n) is 2.38. The van der Waals surface area contributed by atoms with Gasteiger partial charge in [-0.1, -0.05) is 6.42 Å². The molecular weight excluding hydrogens is 212 g/mol. The summed E-state index contributed by atoms with van der Waals surface area (Å²) in [7, 11) is 0. The van der Waals surface area contributed by atoms with E-state index in [1.165, 1.54) is 19.3 Å². The summed E-state index contributed by atoms with van der Waals surface area (Å²) in [6.45, 7) is 2.16. The molecule has 90 valence electrons. The number of nitrogens with one attached hydrogen (secondary N) is 3. The molecule has 1 aliphatic rings. The quantitative estimate of drug-likeness (QED) is 0.757. The van der Waals surface area contributed by atoms with Gasteiger partial charge in [-0.25, -0.2) is 4.98 Å². The molecule has 0 radical (unpaired) electrons. The van der Waals surface area contributed by atoms with Gasteiger partial charge in [0.2, 0.25) is 0 Å². The van der Waals surface area contributed by atoms with Gasteiger partial charge >= 0.3 is 0 Å². The predicted molar refractivity (Wildman–Crippen MR) is 70.2 cm³/mol. The number of fused-ring (bicyclic) bond motifs is 1. The Labute approximate surface area is 101 Å². The van der Waals surface area contributed by atoms with E-state index in [9.17, 15) is 0 Å². The van der Waals surface area contributed by atoms with E-state index >= 15 is 0 Å². The third-order valence-electron chi connectivity index (χ3n) is 3.39. The van der Waals surface area contributed by atoms with Crippen LogP contribution in [0.5, 0.6) is 0 Å². The summed E-state index contributed by atoms with van der Waals surface area (Å²) in [5, 5.41) is 7.02. The second-order valence-corrected chi connectivity index (χ2v) is 4.66. The maximum Gasteiger partial charge on any atom is 0.0931 e. The monoisotopic (exact) mass is 230 g/mol. The average molecular weight is 230 g/mol. The van der Waals surface area contributed by atoms with Crippen LogP contribution in [0.25, 0.3) is 11.0 Å². The van der Waals surface area contributed by atoms with Crippen LogP contribution in [0, 0.1) is 0 Å². The molecule has 0 bridgehead atoms. The number of benzene rings is 1. The van der Waals surface area contributed by atoms with Crippen molar-refractivity contribution in [1.29, 1.82) is 0 Å². The molecule has 4 heteroatoms. The molecular formula is C13H18N4. The lowest BCUT2D eigenvalue weighted by molar-refractivity contribution is 0.414. The number of nitrogens with zero attached hydrogens (tertiary/aromatic N) is 1.